The smallest absolute Gasteiger partial charge is 0.290 e. The first-order chi connectivity index (χ1) is 14.5. The van der Waals surface area contributed by atoms with Crippen LogP contribution in [0.2, 0.25) is 0 Å². The van der Waals surface area contributed by atoms with Crippen LogP contribution in [0.5, 0.6) is 0 Å². The van der Waals surface area contributed by atoms with Crippen LogP contribution in [0.4, 0.5) is 0 Å². The van der Waals surface area contributed by atoms with Gasteiger partial charge in [0.1, 0.15) is 5.58 Å². The van der Waals surface area contributed by atoms with E-state index >= 15 is 0 Å². The summed E-state index contributed by atoms with van der Waals surface area (Å²) in [7, 11) is 0. The SMILES string of the molecule is CC[NH+](CC)CCCN1C(=O)c2oc3ccc(Br)cc3c(=O)c2[C@H]1c1ccccc1. The lowest BCUT2D eigenvalue weighted by Crippen LogP contribution is -3.11. The van der Waals surface area contributed by atoms with Gasteiger partial charge >= 0.3 is 0 Å². The minimum atomic E-state index is -0.417. The van der Waals surface area contributed by atoms with Crippen molar-refractivity contribution in [2.75, 3.05) is 26.2 Å². The molecule has 1 aliphatic rings. The van der Waals surface area contributed by atoms with Gasteiger partial charge in [0.2, 0.25) is 5.76 Å². The molecular formula is C24H26BrN2O3+. The minimum absolute atomic E-state index is 0.133. The Hall–Kier alpha value is -2.44. The van der Waals surface area contributed by atoms with Crippen LogP contribution in [0.25, 0.3) is 11.0 Å². The summed E-state index contributed by atoms with van der Waals surface area (Å²) in [6, 6.07) is 14.7. The van der Waals surface area contributed by atoms with Crippen LogP contribution in [-0.4, -0.2) is 37.0 Å². The van der Waals surface area contributed by atoms with E-state index in [0.717, 1.165) is 36.1 Å². The molecule has 1 N–H and O–H groups in total. The summed E-state index contributed by atoms with van der Waals surface area (Å²) in [5.41, 5.74) is 1.69. The second-order valence-electron chi connectivity index (χ2n) is 7.69. The molecule has 0 bridgehead atoms. The highest BCUT2D eigenvalue weighted by Gasteiger charge is 2.42. The molecule has 1 aliphatic heterocycles. The molecule has 0 saturated carbocycles. The molecule has 4 rings (SSSR count). The summed E-state index contributed by atoms with van der Waals surface area (Å²) < 4.78 is 6.79. The predicted molar refractivity (Wildman–Crippen MR) is 121 cm³/mol. The van der Waals surface area contributed by atoms with E-state index < -0.39 is 6.04 Å². The van der Waals surface area contributed by atoms with Crippen LogP contribution in [0.3, 0.4) is 0 Å². The van der Waals surface area contributed by atoms with Gasteiger partial charge in [-0.1, -0.05) is 46.3 Å². The Kier molecular flexibility index (Phi) is 6.06. The largest absolute Gasteiger partial charge is 0.450 e. The molecular weight excluding hydrogens is 444 g/mol. The van der Waals surface area contributed by atoms with Gasteiger partial charge in [-0.2, -0.15) is 0 Å². The van der Waals surface area contributed by atoms with Gasteiger partial charge in [-0.05, 0) is 37.6 Å². The molecule has 0 aliphatic carbocycles. The second-order valence-corrected chi connectivity index (χ2v) is 8.60. The monoisotopic (exact) mass is 469 g/mol. The maximum absolute atomic E-state index is 13.5. The number of nitrogens with zero attached hydrogens (tertiary/aromatic N) is 1. The standard InChI is InChI=1S/C24H25BrN2O3/c1-3-26(4-2)13-8-14-27-21(16-9-6-5-7-10-16)20-22(28)18-15-17(25)11-12-19(18)30-23(20)24(27)29/h5-7,9-12,15,21H,3-4,8,13-14H2,1-2H3/p+1/t21-/m1/s1. The summed E-state index contributed by atoms with van der Waals surface area (Å²) in [5, 5.41) is 0.492. The van der Waals surface area contributed by atoms with Gasteiger partial charge < -0.3 is 14.2 Å². The van der Waals surface area contributed by atoms with Crippen LogP contribution in [0.1, 0.15) is 48.0 Å². The van der Waals surface area contributed by atoms with E-state index in [2.05, 4.69) is 29.8 Å². The molecule has 2 aromatic carbocycles. The predicted octanol–water partition coefficient (Wildman–Crippen LogP) is 3.42. The fourth-order valence-electron chi connectivity index (χ4n) is 4.31. The number of hydrogen-bond donors (Lipinski definition) is 1. The van der Waals surface area contributed by atoms with Gasteiger partial charge in [0.15, 0.2) is 5.43 Å². The number of rotatable bonds is 7. The molecule has 0 saturated heterocycles. The van der Waals surface area contributed by atoms with Crippen molar-refractivity contribution >= 4 is 32.8 Å². The van der Waals surface area contributed by atoms with E-state index in [1.54, 1.807) is 12.1 Å². The minimum Gasteiger partial charge on any atom is -0.450 e. The highest BCUT2D eigenvalue weighted by Crippen LogP contribution is 2.38. The van der Waals surface area contributed by atoms with Crippen molar-refractivity contribution in [3.8, 4) is 0 Å². The molecule has 0 spiro atoms. The highest BCUT2D eigenvalue weighted by molar-refractivity contribution is 9.10. The van der Waals surface area contributed by atoms with Gasteiger partial charge in [0.05, 0.1) is 36.6 Å². The average molecular weight is 470 g/mol. The van der Waals surface area contributed by atoms with Gasteiger partial charge in [0.25, 0.3) is 5.91 Å². The topological polar surface area (TPSA) is 55.0 Å². The summed E-state index contributed by atoms with van der Waals surface area (Å²) in [4.78, 5) is 30.1. The molecule has 6 heteroatoms. The van der Waals surface area contributed by atoms with Crippen LogP contribution >= 0.6 is 15.9 Å². The molecule has 1 amide bonds. The Morgan fingerprint density at radius 3 is 2.50 bits per heavy atom. The normalized spacial score (nSPS) is 15.9. The Labute approximate surface area is 184 Å². The highest BCUT2D eigenvalue weighted by atomic mass is 79.9. The zero-order chi connectivity index (χ0) is 21.3. The number of hydrogen-bond acceptors (Lipinski definition) is 3. The Bertz CT molecular complexity index is 1120. The zero-order valence-corrected chi connectivity index (χ0v) is 18.9. The van der Waals surface area contributed by atoms with Crippen LogP contribution < -0.4 is 10.3 Å². The van der Waals surface area contributed by atoms with Crippen molar-refractivity contribution in [3.05, 3.63) is 80.1 Å². The van der Waals surface area contributed by atoms with Crippen molar-refractivity contribution in [1.29, 1.82) is 0 Å². The van der Waals surface area contributed by atoms with Crippen molar-refractivity contribution in [2.45, 2.75) is 26.3 Å². The van der Waals surface area contributed by atoms with Crippen LogP contribution in [0, 0.1) is 0 Å². The summed E-state index contributed by atoms with van der Waals surface area (Å²) >= 11 is 3.43. The molecule has 2 heterocycles. The molecule has 3 aromatic rings. The maximum Gasteiger partial charge on any atom is 0.290 e. The van der Waals surface area contributed by atoms with Crippen molar-refractivity contribution < 1.29 is 14.1 Å². The Morgan fingerprint density at radius 2 is 1.80 bits per heavy atom. The first-order valence-electron chi connectivity index (χ1n) is 10.5. The van der Waals surface area contributed by atoms with Gasteiger partial charge in [-0.25, -0.2) is 0 Å². The van der Waals surface area contributed by atoms with Crippen molar-refractivity contribution in [1.82, 2.24) is 4.90 Å². The number of carbonyl (C=O) groups is 1. The van der Waals surface area contributed by atoms with Crippen molar-refractivity contribution in [2.24, 2.45) is 0 Å². The molecule has 1 atom stereocenters. The number of quaternary nitrogens is 1. The fourth-order valence-corrected chi connectivity index (χ4v) is 4.67. The maximum atomic E-state index is 13.5. The number of carbonyl (C=O) groups excluding carboxylic acids is 1. The summed E-state index contributed by atoms with van der Waals surface area (Å²) in [5.74, 6) is -0.0193. The molecule has 0 fully saturated rings. The lowest BCUT2D eigenvalue weighted by molar-refractivity contribution is -0.896. The van der Waals surface area contributed by atoms with E-state index in [-0.39, 0.29) is 17.1 Å². The molecule has 156 valence electrons. The number of amides is 1. The molecule has 1 aromatic heterocycles. The second kappa shape index (κ2) is 8.74. The van der Waals surface area contributed by atoms with Crippen molar-refractivity contribution in [3.63, 3.8) is 0 Å². The Balaban J connectivity index is 1.79. The third kappa shape index (κ3) is 3.70. The first kappa shape index (κ1) is 20.8. The van der Waals surface area contributed by atoms with Crippen LogP contribution in [0.15, 0.2) is 62.2 Å². The molecule has 0 radical (unpaired) electrons. The third-order valence-corrected chi connectivity index (χ3v) is 6.47. The quantitative estimate of drug-likeness (QED) is 0.576. The van der Waals surface area contributed by atoms with E-state index in [1.807, 2.05) is 41.3 Å². The number of halogens is 1. The molecule has 30 heavy (non-hydrogen) atoms. The first-order valence-corrected chi connectivity index (χ1v) is 11.3. The number of benzene rings is 2. The third-order valence-electron chi connectivity index (χ3n) is 5.97. The summed E-state index contributed by atoms with van der Waals surface area (Å²) in [6.45, 7) is 8.06. The Morgan fingerprint density at radius 1 is 1.07 bits per heavy atom. The van der Waals surface area contributed by atoms with Gasteiger partial charge in [0, 0.05) is 17.4 Å². The van der Waals surface area contributed by atoms with E-state index in [0.29, 0.717) is 23.1 Å². The van der Waals surface area contributed by atoms with Gasteiger partial charge in [-0.15, -0.1) is 0 Å². The lowest BCUT2D eigenvalue weighted by Gasteiger charge is -2.26. The molecule has 5 nitrogen and oxygen atoms in total. The molecule has 0 unspecified atom stereocenters. The summed E-state index contributed by atoms with van der Waals surface area (Å²) in [6.07, 6.45) is 0.874. The average Bonchev–Trinajstić information content (AvgIpc) is 3.04. The number of nitrogens with one attached hydrogen (secondary N) is 1. The van der Waals surface area contributed by atoms with E-state index in [9.17, 15) is 9.59 Å². The number of fused-ring (bicyclic) bond motifs is 2. The fraction of sp³-hybridized carbons (Fsp3) is 0.333. The van der Waals surface area contributed by atoms with Crippen LogP contribution in [-0.2, 0) is 0 Å². The lowest BCUT2D eigenvalue weighted by atomic mass is 9.98. The van der Waals surface area contributed by atoms with Gasteiger partial charge in [-0.3, -0.25) is 9.59 Å². The zero-order valence-electron chi connectivity index (χ0n) is 17.3. The van der Waals surface area contributed by atoms with E-state index in [1.165, 1.54) is 4.90 Å². The van der Waals surface area contributed by atoms with E-state index in [4.69, 9.17) is 4.42 Å².